The highest BCUT2D eigenvalue weighted by atomic mass is 19.1. The van der Waals surface area contributed by atoms with E-state index in [1.54, 1.807) is 0 Å². The van der Waals surface area contributed by atoms with Crippen LogP contribution in [0.3, 0.4) is 0 Å². The molecule has 3 nitrogen and oxygen atoms in total. The molecule has 0 radical (unpaired) electrons. The molecule has 0 spiro atoms. The topological polar surface area (TPSA) is 63.3 Å². The third-order valence-corrected chi connectivity index (χ3v) is 3.52. The summed E-state index contributed by atoms with van der Waals surface area (Å²) >= 11 is 0. The normalized spacial score (nSPS) is 17.6. The largest absolute Gasteiger partial charge is 0.478 e. The average molecular weight is 241 g/mol. The van der Waals surface area contributed by atoms with Crippen LogP contribution in [0.4, 0.5) is 8.78 Å². The predicted molar refractivity (Wildman–Crippen MR) is 57.9 cm³/mol. The van der Waals surface area contributed by atoms with Crippen molar-refractivity contribution < 1.29 is 18.7 Å². The van der Waals surface area contributed by atoms with E-state index in [1.807, 2.05) is 0 Å². The summed E-state index contributed by atoms with van der Waals surface area (Å²) in [6.07, 6.45) is 2.17. The molecule has 0 bridgehead atoms. The monoisotopic (exact) mass is 241 g/mol. The second-order valence-electron chi connectivity index (χ2n) is 4.46. The molecule has 0 aliphatic heterocycles. The van der Waals surface area contributed by atoms with Crippen molar-refractivity contribution in [2.45, 2.75) is 24.7 Å². The molecule has 0 saturated heterocycles. The van der Waals surface area contributed by atoms with Crippen LogP contribution in [0.15, 0.2) is 12.1 Å². The smallest absolute Gasteiger partial charge is 0.335 e. The lowest BCUT2D eigenvalue weighted by Gasteiger charge is -2.41. The van der Waals surface area contributed by atoms with Crippen LogP contribution in [-0.2, 0) is 5.41 Å². The lowest BCUT2D eigenvalue weighted by molar-refractivity contribution is 0.0695. The van der Waals surface area contributed by atoms with E-state index in [0.29, 0.717) is 12.8 Å². The summed E-state index contributed by atoms with van der Waals surface area (Å²) in [5.41, 5.74) is 4.50. The molecular weight excluding hydrogens is 228 g/mol. The molecule has 3 N–H and O–H groups in total. The van der Waals surface area contributed by atoms with Crippen LogP contribution in [0.25, 0.3) is 0 Å². The number of benzene rings is 1. The summed E-state index contributed by atoms with van der Waals surface area (Å²) in [6.45, 7) is 0.174. The summed E-state index contributed by atoms with van der Waals surface area (Å²) in [5.74, 6) is -2.97. The van der Waals surface area contributed by atoms with Crippen molar-refractivity contribution in [3.8, 4) is 0 Å². The Morgan fingerprint density at radius 3 is 2.18 bits per heavy atom. The van der Waals surface area contributed by atoms with Crippen molar-refractivity contribution in [1.82, 2.24) is 0 Å². The van der Waals surface area contributed by atoms with Gasteiger partial charge >= 0.3 is 5.97 Å². The standard InChI is InChI=1S/C12H13F2NO2/c13-8-4-7(11(16)17)5-9(14)10(8)12(6-15)2-1-3-12/h4-5H,1-3,6,15H2,(H,16,17). The second kappa shape index (κ2) is 4.07. The molecule has 1 aliphatic rings. The first kappa shape index (κ1) is 12.0. The van der Waals surface area contributed by atoms with E-state index in [-0.39, 0.29) is 17.7 Å². The number of nitrogens with two attached hydrogens (primary N) is 1. The highest BCUT2D eigenvalue weighted by Gasteiger charge is 2.41. The minimum atomic E-state index is -1.34. The van der Waals surface area contributed by atoms with Crippen LogP contribution in [-0.4, -0.2) is 17.6 Å². The first-order valence-corrected chi connectivity index (χ1v) is 5.43. The van der Waals surface area contributed by atoms with Crippen LogP contribution in [0.1, 0.15) is 35.2 Å². The summed E-state index contributed by atoms with van der Waals surface area (Å²) in [7, 11) is 0. The maximum absolute atomic E-state index is 13.8. The van der Waals surface area contributed by atoms with E-state index in [9.17, 15) is 13.6 Å². The maximum Gasteiger partial charge on any atom is 0.335 e. The Morgan fingerprint density at radius 2 is 1.88 bits per heavy atom. The number of carbonyl (C=O) groups is 1. The van der Waals surface area contributed by atoms with E-state index < -0.39 is 23.0 Å². The Balaban J connectivity index is 2.52. The fourth-order valence-corrected chi connectivity index (χ4v) is 2.36. The van der Waals surface area contributed by atoms with Gasteiger partial charge in [-0.25, -0.2) is 13.6 Å². The molecule has 1 aliphatic carbocycles. The summed E-state index contributed by atoms with van der Waals surface area (Å²) in [6, 6.07) is 1.72. The third kappa shape index (κ3) is 1.80. The van der Waals surface area contributed by atoms with Crippen molar-refractivity contribution in [2.24, 2.45) is 5.73 Å². The molecule has 0 heterocycles. The quantitative estimate of drug-likeness (QED) is 0.851. The number of carboxylic acid groups (broad SMARTS) is 1. The van der Waals surface area contributed by atoms with Gasteiger partial charge in [0.25, 0.3) is 0 Å². The average Bonchev–Trinajstić information content (AvgIpc) is 2.20. The van der Waals surface area contributed by atoms with Gasteiger partial charge in [0.05, 0.1) is 5.56 Å². The molecule has 2 rings (SSSR count). The molecule has 1 aromatic rings. The second-order valence-corrected chi connectivity index (χ2v) is 4.46. The highest BCUT2D eigenvalue weighted by Crippen LogP contribution is 2.45. The lowest BCUT2D eigenvalue weighted by atomic mass is 9.64. The van der Waals surface area contributed by atoms with Gasteiger partial charge in [-0.2, -0.15) is 0 Å². The molecule has 1 saturated carbocycles. The van der Waals surface area contributed by atoms with E-state index in [4.69, 9.17) is 10.8 Å². The Labute approximate surface area is 97.2 Å². The zero-order valence-corrected chi connectivity index (χ0v) is 9.17. The molecule has 0 amide bonds. The lowest BCUT2D eigenvalue weighted by Crippen LogP contribution is -2.43. The molecule has 92 valence electrons. The summed E-state index contributed by atoms with van der Waals surface area (Å²) < 4.78 is 27.6. The molecule has 1 fully saturated rings. The summed E-state index contributed by atoms with van der Waals surface area (Å²) in [5, 5.41) is 8.70. The zero-order chi connectivity index (χ0) is 12.6. The molecule has 5 heteroatoms. The minimum absolute atomic E-state index is 0.0590. The van der Waals surface area contributed by atoms with Gasteiger partial charge in [0.2, 0.25) is 0 Å². The first-order valence-electron chi connectivity index (χ1n) is 5.43. The van der Waals surface area contributed by atoms with Gasteiger partial charge in [0.15, 0.2) is 0 Å². The highest BCUT2D eigenvalue weighted by molar-refractivity contribution is 5.87. The SMILES string of the molecule is NCC1(c2c(F)cc(C(=O)O)cc2F)CCC1. The molecule has 0 aromatic heterocycles. The maximum atomic E-state index is 13.8. The van der Waals surface area contributed by atoms with E-state index >= 15 is 0 Å². The fraction of sp³-hybridized carbons (Fsp3) is 0.417. The van der Waals surface area contributed by atoms with Crippen LogP contribution in [0.2, 0.25) is 0 Å². The van der Waals surface area contributed by atoms with Crippen LogP contribution in [0, 0.1) is 11.6 Å². The molecule has 0 atom stereocenters. The van der Waals surface area contributed by atoms with Crippen molar-refractivity contribution in [3.63, 3.8) is 0 Å². The van der Waals surface area contributed by atoms with Gasteiger partial charge in [-0.1, -0.05) is 6.42 Å². The van der Waals surface area contributed by atoms with E-state index in [0.717, 1.165) is 18.6 Å². The number of carboxylic acids is 1. The third-order valence-electron chi connectivity index (χ3n) is 3.52. The minimum Gasteiger partial charge on any atom is -0.478 e. The molecule has 0 unspecified atom stereocenters. The van der Waals surface area contributed by atoms with Crippen molar-refractivity contribution in [1.29, 1.82) is 0 Å². The first-order chi connectivity index (χ1) is 8.00. The molecular formula is C12H13F2NO2. The van der Waals surface area contributed by atoms with Crippen molar-refractivity contribution in [2.75, 3.05) is 6.54 Å². The number of halogens is 2. The predicted octanol–water partition coefficient (Wildman–Crippen LogP) is 2.04. The number of hydrogen-bond acceptors (Lipinski definition) is 2. The van der Waals surface area contributed by atoms with Crippen molar-refractivity contribution >= 4 is 5.97 Å². The van der Waals surface area contributed by atoms with Crippen LogP contribution >= 0.6 is 0 Å². The van der Waals surface area contributed by atoms with Crippen molar-refractivity contribution in [3.05, 3.63) is 34.9 Å². The number of hydrogen-bond donors (Lipinski definition) is 2. The van der Waals surface area contributed by atoms with E-state index in [1.165, 1.54) is 0 Å². The fourth-order valence-electron chi connectivity index (χ4n) is 2.36. The Hall–Kier alpha value is -1.49. The van der Waals surface area contributed by atoms with E-state index in [2.05, 4.69) is 0 Å². The number of rotatable bonds is 3. The van der Waals surface area contributed by atoms with Gasteiger partial charge < -0.3 is 10.8 Å². The molecule has 1 aromatic carbocycles. The van der Waals surface area contributed by atoms with Gasteiger partial charge in [-0.3, -0.25) is 0 Å². The summed E-state index contributed by atoms with van der Waals surface area (Å²) in [4.78, 5) is 10.7. The van der Waals surface area contributed by atoms with Gasteiger partial charge in [-0.05, 0) is 25.0 Å². The Kier molecular flexibility index (Phi) is 2.87. The van der Waals surface area contributed by atoms with Gasteiger partial charge in [-0.15, -0.1) is 0 Å². The Bertz CT molecular complexity index is 441. The number of aromatic carboxylic acids is 1. The van der Waals surface area contributed by atoms with Gasteiger partial charge in [0.1, 0.15) is 11.6 Å². The van der Waals surface area contributed by atoms with Gasteiger partial charge in [0, 0.05) is 17.5 Å². The zero-order valence-electron chi connectivity index (χ0n) is 9.17. The molecule has 17 heavy (non-hydrogen) atoms. The van der Waals surface area contributed by atoms with Crippen LogP contribution < -0.4 is 5.73 Å². The van der Waals surface area contributed by atoms with Crippen LogP contribution in [0.5, 0.6) is 0 Å². The Morgan fingerprint density at radius 1 is 1.35 bits per heavy atom.